The summed E-state index contributed by atoms with van der Waals surface area (Å²) in [5, 5.41) is 5.09. The van der Waals surface area contributed by atoms with Crippen molar-refractivity contribution < 1.29 is 19.1 Å². The Balaban J connectivity index is 1.34. The zero-order valence-corrected chi connectivity index (χ0v) is 17.0. The topological polar surface area (TPSA) is 80.8 Å². The number of carbonyl (C=O) groups is 2. The fourth-order valence-corrected chi connectivity index (χ4v) is 4.57. The van der Waals surface area contributed by atoms with Gasteiger partial charge in [0.2, 0.25) is 12.7 Å². The van der Waals surface area contributed by atoms with E-state index in [2.05, 4.69) is 10.3 Å². The first-order chi connectivity index (χ1) is 13.6. The number of aromatic nitrogens is 1. The van der Waals surface area contributed by atoms with Gasteiger partial charge in [-0.2, -0.15) is 0 Å². The van der Waals surface area contributed by atoms with Crippen LogP contribution in [0.1, 0.15) is 18.4 Å². The molecule has 10 heteroatoms. The Morgan fingerprint density at radius 3 is 3.04 bits per heavy atom. The molecule has 7 nitrogen and oxygen atoms in total. The molecule has 2 amide bonds. The lowest BCUT2D eigenvalue weighted by atomic mass is 10.2. The largest absolute Gasteiger partial charge is 0.454 e. The smallest absolute Gasteiger partial charge is 0.266 e. The number of thiazole rings is 1. The number of nitrogens with one attached hydrogen (secondary N) is 1. The normalized spacial score (nSPS) is 16.9. The van der Waals surface area contributed by atoms with Crippen LogP contribution in [-0.4, -0.2) is 39.4 Å². The van der Waals surface area contributed by atoms with E-state index < -0.39 is 0 Å². The van der Waals surface area contributed by atoms with Crippen LogP contribution in [0.2, 0.25) is 0 Å². The second kappa shape index (κ2) is 8.29. The second-order valence-electron chi connectivity index (χ2n) is 5.94. The number of carbonyl (C=O) groups excluding carboxylic acids is 2. The lowest BCUT2D eigenvalue weighted by Crippen LogP contribution is -2.29. The monoisotopic (exact) mass is 433 g/mol. The van der Waals surface area contributed by atoms with Crippen LogP contribution in [0.25, 0.3) is 6.08 Å². The number of thiocarbonyl (C=S) groups is 1. The average Bonchev–Trinajstić information content (AvgIpc) is 3.39. The Hall–Kier alpha value is -2.43. The zero-order valence-electron chi connectivity index (χ0n) is 14.5. The van der Waals surface area contributed by atoms with E-state index in [-0.39, 0.29) is 25.0 Å². The minimum absolute atomic E-state index is 0.128. The number of hydrogen-bond acceptors (Lipinski definition) is 8. The molecule has 1 aromatic carbocycles. The van der Waals surface area contributed by atoms with Gasteiger partial charge in [0.15, 0.2) is 16.6 Å². The Labute approximate surface area is 174 Å². The highest BCUT2D eigenvalue weighted by atomic mass is 32.2. The Morgan fingerprint density at radius 2 is 2.21 bits per heavy atom. The van der Waals surface area contributed by atoms with Crippen molar-refractivity contribution in [3.05, 3.63) is 40.2 Å². The van der Waals surface area contributed by atoms with Crippen molar-refractivity contribution in [2.45, 2.75) is 12.8 Å². The van der Waals surface area contributed by atoms with Crippen LogP contribution in [0, 0.1) is 0 Å². The van der Waals surface area contributed by atoms with Gasteiger partial charge in [-0.25, -0.2) is 4.98 Å². The van der Waals surface area contributed by atoms with Gasteiger partial charge in [-0.3, -0.25) is 14.5 Å². The third kappa shape index (κ3) is 4.18. The fourth-order valence-electron chi connectivity index (χ4n) is 2.71. The summed E-state index contributed by atoms with van der Waals surface area (Å²) in [6, 6.07) is 5.51. The molecule has 1 aromatic heterocycles. The molecule has 2 aromatic rings. The molecule has 1 saturated heterocycles. The van der Waals surface area contributed by atoms with Crippen LogP contribution in [0.3, 0.4) is 0 Å². The van der Waals surface area contributed by atoms with Crippen molar-refractivity contribution in [2.75, 3.05) is 18.7 Å². The molecular weight excluding hydrogens is 418 g/mol. The molecule has 2 aliphatic heterocycles. The number of fused-ring (bicyclic) bond motifs is 1. The number of rotatable bonds is 6. The Morgan fingerprint density at radius 1 is 1.36 bits per heavy atom. The summed E-state index contributed by atoms with van der Waals surface area (Å²) in [5.74, 6) is 1.08. The van der Waals surface area contributed by atoms with Gasteiger partial charge < -0.3 is 14.8 Å². The SMILES string of the molecule is O=C(CCCN1C(=O)C(=Cc2ccc3c(c2)OCO3)SC1=S)Nc1nccs1. The maximum absolute atomic E-state index is 12.7. The van der Waals surface area contributed by atoms with Gasteiger partial charge in [0, 0.05) is 24.5 Å². The van der Waals surface area contributed by atoms with Crippen LogP contribution in [-0.2, 0) is 9.59 Å². The quantitative estimate of drug-likeness (QED) is 0.552. The van der Waals surface area contributed by atoms with Gasteiger partial charge >= 0.3 is 0 Å². The third-order valence-corrected chi connectivity index (χ3v) is 6.10. The van der Waals surface area contributed by atoms with Gasteiger partial charge in [0.25, 0.3) is 5.91 Å². The van der Waals surface area contributed by atoms with Crippen molar-refractivity contribution >= 4 is 62.7 Å². The van der Waals surface area contributed by atoms with E-state index in [1.54, 1.807) is 17.7 Å². The van der Waals surface area contributed by atoms with Gasteiger partial charge in [-0.05, 0) is 30.2 Å². The molecular formula is C18H15N3O4S3. The number of hydrogen-bond donors (Lipinski definition) is 1. The molecule has 0 unspecified atom stereocenters. The molecule has 0 atom stereocenters. The third-order valence-electron chi connectivity index (χ3n) is 4.03. The van der Waals surface area contributed by atoms with Gasteiger partial charge in [0.05, 0.1) is 4.91 Å². The summed E-state index contributed by atoms with van der Waals surface area (Å²) in [6.07, 6.45) is 4.22. The van der Waals surface area contributed by atoms with Gasteiger partial charge in [-0.15, -0.1) is 11.3 Å². The molecule has 28 heavy (non-hydrogen) atoms. The summed E-state index contributed by atoms with van der Waals surface area (Å²) in [7, 11) is 0. The average molecular weight is 434 g/mol. The van der Waals surface area contributed by atoms with Crippen LogP contribution < -0.4 is 14.8 Å². The van der Waals surface area contributed by atoms with E-state index in [4.69, 9.17) is 21.7 Å². The molecule has 144 valence electrons. The summed E-state index contributed by atoms with van der Waals surface area (Å²) < 4.78 is 11.2. The first-order valence-electron chi connectivity index (χ1n) is 8.44. The van der Waals surface area contributed by atoms with E-state index >= 15 is 0 Å². The van der Waals surface area contributed by atoms with Crippen molar-refractivity contribution in [2.24, 2.45) is 0 Å². The number of thioether (sulfide) groups is 1. The van der Waals surface area contributed by atoms with Crippen LogP contribution in [0.5, 0.6) is 11.5 Å². The minimum atomic E-state index is -0.145. The Kier molecular flexibility index (Phi) is 5.60. The maximum Gasteiger partial charge on any atom is 0.266 e. The van der Waals surface area contributed by atoms with Crippen molar-refractivity contribution in [1.82, 2.24) is 9.88 Å². The standard InChI is InChI=1S/C18H15N3O4S3/c22-15(20-17-19-5-7-27-17)2-1-6-21-16(23)14(28-18(21)26)9-11-3-4-12-13(8-11)25-10-24-12/h3-5,7-9H,1-2,6,10H2,(H,19,20,22). The van der Waals surface area contributed by atoms with E-state index in [1.165, 1.54) is 28.0 Å². The first-order valence-corrected chi connectivity index (χ1v) is 10.5. The summed E-state index contributed by atoms with van der Waals surface area (Å²) in [6.45, 7) is 0.603. The predicted molar refractivity (Wildman–Crippen MR) is 112 cm³/mol. The minimum Gasteiger partial charge on any atom is -0.454 e. The highest BCUT2D eigenvalue weighted by Crippen LogP contribution is 2.36. The van der Waals surface area contributed by atoms with Crippen molar-refractivity contribution in [3.63, 3.8) is 0 Å². The van der Waals surface area contributed by atoms with Crippen LogP contribution >= 0.6 is 35.3 Å². The molecule has 0 bridgehead atoms. The van der Waals surface area contributed by atoms with Crippen LogP contribution in [0.4, 0.5) is 5.13 Å². The number of ether oxygens (including phenoxy) is 2. The number of nitrogens with zero attached hydrogens (tertiary/aromatic N) is 2. The summed E-state index contributed by atoms with van der Waals surface area (Å²) in [4.78, 5) is 30.7. The van der Waals surface area contributed by atoms with Crippen LogP contribution in [0.15, 0.2) is 34.7 Å². The first kappa shape index (κ1) is 18.9. The predicted octanol–water partition coefficient (Wildman–Crippen LogP) is 3.49. The summed E-state index contributed by atoms with van der Waals surface area (Å²) in [5.41, 5.74) is 0.840. The Bertz CT molecular complexity index is 959. The molecule has 2 aliphatic rings. The lowest BCUT2D eigenvalue weighted by molar-refractivity contribution is -0.122. The van der Waals surface area contributed by atoms with Crippen molar-refractivity contribution in [1.29, 1.82) is 0 Å². The zero-order chi connectivity index (χ0) is 19.5. The highest BCUT2D eigenvalue weighted by molar-refractivity contribution is 8.26. The van der Waals surface area contributed by atoms with E-state index in [9.17, 15) is 9.59 Å². The molecule has 4 rings (SSSR count). The van der Waals surface area contributed by atoms with Crippen molar-refractivity contribution in [3.8, 4) is 11.5 Å². The summed E-state index contributed by atoms with van der Waals surface area (Å²) >= 11 is 7.96. The highest BCUT2D eigenvalue weighted by Gasteiger charge is 2.31. The van der Waals surface area contributed by atoms with Gasteiger partial charge in [0.1, 0.15) is 4.32 Å². The van der Waals surface area contributed by atoms with E-state index in [0.29, 0.717) is 38.8 Å². The maximum atomic E-state index is 12.7. The second-order valence-corrected chi connectivity index (χ2v) is 8.51. The molecule has 1 fully saturated rings. The number of benzene rings is 1. The molecule has 0 spiro atoms. The number of amides is 2. The van der Waals surface area contributed by atoms with Gasteiger partial charge in [-0.1, -0.05) is 30.0 Å². The molecule has 1 N–H and O–H groups in total. The molecule has 3 heterocycles. The molecule has 0 radical (unpaired) electrons. The fraction of sp³-hybridized carbons (Fsp3) is 0.222. The van der Waals surface area contributed by atoms with E-state index in [1.807, 2.05) is 18.2 Å². The van der Waals surface area contributed by atoms with E-state index in [0.717, 1.165) is 5.56 Å². The molecule has 0 saturated carbocycles. The molecule has 0 aliphatic carbocycles. The lowest BCUT2D eigenvalue weighted by Gasteiger charge is -2.13. The number of anilines is 1.